The molecule has 0 fully saturated rings. The van der Waals surface area contributed by atoms with Gasteiger partial charge in [-0.25, -0.2) is 0 Å². The average molecular weight is 1370 g/mol. The highest BCUT2D eigenvalue weighted by Crippen LogP contribution is 2.54. The van der Waals surface area contributed by atoms with Crippen molar-refractivity contribution in [3.63, 3.8) is 0 Å². The minimum Gasteiger partial charge on any atom is -0.310 e. The Hall–Kier alpha value is -10.5. The first kappa shape index (κ1) is 65.5. The first-order chi connectivity index (χ1) is 49.7. The summed E-state index contributed by atoms with van der Waals surface area (Å²) in [7, 11) is 0. The molecule has 13 aromatic carbocycles. The summed E-state index contributed by atoms with van der Waals surface area (Å²) >= 11 is 1.97. The third-order valence-corrected chi connectivity index (χ3v) is 23.9. The van der Waals surface area contributed by atoms with Crippen LogP contribution in [0, 0.1) is 0 Å². The van der Waals surface area contributed by atoms with Gasteiger partial charge in [0.2, 0.25) is 6.71 Å². The Morgan fingerprint density at radius 1 is 0.279 bits per heavy atom. The maximum absolute atomic E-state index is 2.74. The van der Waals surface area contributed by atoms with Crippen LogP contribution in [-0.4, -0.2) is 20.4 Å². The van der Waals surface area contributed by atoms with E-state index in [9.17, 15) is 0 Å². The Kier molecular flexibility index (Phi) is 14.8. The third-order valence-electron chi connectivity index (χ3n) is 22.7. The summed E-state index contributed by atoms with van der Waals surface area (Å²) in [6.07, 6.45) is 0. The molecule has 0 atom stereocenters. The molecule has 2 aliphatic heterocycles. The number of anilines is 3. The van der Waals surface area contributed by atoms with Gasteiger partial charge in [-0.3, -0.25) is 0 Å². The van der Waals surface area contributed by atoms with E-state index in [-0.39, 0.29) is 33.8 Å². The lowest BCUT2D eigenvalue weighted by atomic mass is 9.34. The minimum atomic E-state index is -0.171. The summed E-state index contributed by atoms with van der Waals surface area (Å²) in [6, 6.07) is 104. The number of benzene rings is 13. The highest BCUT2D eigenvalue weighted by atomic mass is 32.2. The van der Waals surface area contributed by atoms with Crippen molar-refractivity contribution in [2.24, 2.45) is 0 Å². The summed E-state index contributed by atoms with van der Waals surface area (Å²) in [5, 5.41) is 7.60. The van der Waals surface area contributed by atoms with Crippen LogP contribution in [0.3, 0.4) is 0 Å². The van der Waals surface area contributed by atoms with Crippen molar-refractivity contribution in [2.45, 2.75) is 141 Å². The van der Waals surface area contributed by atoms with Gasteiger partial charge >= 0.3 is 0 Å². The van der Waals surface area contributed by atoms with Gasteiger partial charge in [0, 0.05) is 81.7 Å². The summed E-state index contributed by atoms with van der Waals surface area (Å²) in [5.74, 6) is 0. The van der Waals surface area contributed by atoms with Crippen LogP contribution >= 0.6 is 11.8 Å². The fourth-order valence-corrected chi connectivity index (χ4v) is 18.3. The third kappa shape index (κ3) is 10.5. The summed E-state index contributed by atoms with van der Waals surface area (Å²) < 4.78 is 7.69. The summed E-state index contributed by atoms with van der Waals surface area (Å²) in [4.78, 5) is 5.28. The van der Waals surface area contributed by atoms with Gasteiger partial charge in [0.05, 0.1) is 38.8 Å². The van der Waals surface area contributed by atoms with E-state index in [1.54, 1.807) is 0 Å². The lowest BCUT2D eigenvalue weighted by Gasteiger charge is -2.42. The van der Waals surface area contributed by atoms with E-state index in [4.69, 9.17) is 0 Å². The molecule has 18 rings (SSSR count). The van der Waals surface area contributed by atoms with Crippen LogP contribution in [0.5, 0.6) is 0 Å². The molecule has 0 saturated heterocycles. The van der Waals surface area contributed by atoms with E-state index in [0.29, 0.717) is 0 Å². The van der Waals surface area contributed by atoms with Gasteiger partial charge in [-0.15, -0.1) is 0 Å². The lowest BCUT2D eigenvalue weighted by Crippen LogP contribution is -2.60. The highest BCUT2D eigenvalue weighted by molar-refractivity contribution is 8.00. The van der Waals surface area contributed by atoms with Crippen LogP contribution in [0.2, 0.25) is 0 Å². The second-order valence-electron chi connectivity index (χ2n) is 34.6. The molecule has 0 bridgehead atoms. The molecular weight excluding hydrogens is 1280 g/mol. The molecule has 0 unspecified atom stereocenters. The van der Waals surface area contributed by atoms with E-state index in [1.165, 1.54) is 125 Å². The predicted molar refractivity (Wildman–Crippen MR) is 449 cm³/mol. The molecule has 0 saturated carbocycles. The van der Waals surface area contributed by atoms with Crippen molar-refractivity contribution in [2.75, 3.05) is 4.90 Å². The van der Waals surface area contributed by atoms with Crippen LogP contribution in [0.25, 0.3) is 116 Å². The van der Waals surface area contributed by atoms with E-state index < -0.39 is 0 Å². The molecule has 0 amide bonds. The van der Waals surface area contributed by atoms with Crippen molar-refractivity contribution in [1.82, 2.24) is 13.7 Å². The molecular formula is C98H89BN4S. The predicted octanol–water partition coefficient (Wildman–Crippen LogP) is 25.2. The number of aromatic nitrogens is 3. The number of nitrogens with zero attached hydrogens (tertiary/aromatic N) is 4. The molecule has 2 aliphatic rings. The minimum absolute atomic E-state index is 0.0182. The topological polar surface area (TPSA) is 18.0 Å². The van der Waals surface area contributed by atoms with Crippen molar-refractivity contribution >= 4 is 117 Å². The lowest BCUT2D eigenvalue weighted by molar-refractivity contribution is 0.590. The van der Waals surface area contributed by atoms with E-state index in [0.717, 1.165) is 61.9 Å². The van der Waals surface area contributed by atoms with Gasteiger partial charge in [-0.05, 0) is 197 Å². The second kappa shape index (κ2) is 23.5. The fraction of sp³-hybridized carbons (Fsp3) is 0.204. The first-order valence-corrected chi connectivity index (χ1v) is 38.1. The Morgan fingerprint density at radius 3 is 1.14 bits per heavy atom. The molecule has 0 N–H and O–H groups in total. The van der Waals surface area contributed by atoms with Gasteiger partial charge in [0.15, 0.2) is 0 Å². The molecule has 0 spiro atoms. The van der Waals surface area contributed by atoms with Crippen molar-refractivity contribution < 1.29 is 0 Å². The maximum atomic E-state index is 2.74. The molecule has 5 heterocycles. The van der Waals surface area contributed by atoms with E-state index in [2.05, 4.69) is 389 Å². The van der Waals surface area contributed by atoms with Crippen molar-refractivity contribution in [3.05, 3.63) is 295 Å². The van der Waals surface area contributed by atoms with Gasteiger partial charge in [-0.2, -0.15) is 0 Å². The SMILES string of the molecule is CC(C)(C)c1ccc(-n2c3ccccc3c3c4c(ccc32)B2c3ccc(-n5c6ccc(C(C)(C)C)cc6c6cc(C(C)(C)C)ccc65)cc3N(c3c(-c5ccccc5)cc(-c5ccccc5)cc3-c3ccccc3)c3cc(-n5c6ccc(C(C)(C)C)cc6c6cc(C(C)(C)C)ccc65)cc(c32)S4)cc1. The summed E-state index contributed by atoms with van der Waals surface area (Å²) in [6.45, 7) is 34.8. The zero-order valence-electron chi connectivity index (χ0n) is 62.7. The number of hydrogen-bond donors (Lipinski definition) is 0. The first-order valence-electron chi connectivity index (χ1n) is 37.2. The second-order valence-corrected chi connectivity index (χ2v) is 35.7. The van der Waals surface area contributed by atoms with Crippen molar-refractivity contribution in [1.29, 1.82) is 0 Å². The van der Waals surface area contributed by atoms with Crippen molar-refractivity contribution in [3.8, 4) is 50.4 Å². The number of para-hydroxylation sites is 1. The molecule has 510 valence electrons. The van der Waals surface area contributed by atoms with Crippen LogP contribution in [0.4, 0.5) is 17.1 Å². The average Bonchev–Trinajstić information content (AvgIpc) is 1.37. The smallest absolute Gasteiger partial charge is 0.249 e. The van der Waals surface area contributed by atoms with Gasteiger partial charge in [0.1, 0.15) is 0 Å². The molecule has 4 nitrogen and oxygen atoms in total. The van der Waals surface area contributed by atoms with Gasteiger partial charge in [-0.1, -0.05) is 279 Å². The van der Waals surface area contributed by atoms with E-state index >= 15 is 0 Å². The zero-order valence-corrected chi connectivity index (χ0v) is 63.5. The van der Waals surface area contributed by atoms with Crippen LogP contribution < -0.4 is 21.3 Å². The van der Waals surface area contributed by atoms with E-state index in [1.807, 2.05) is 11.8 Å². The van der Waals surface area contributed by atoms with Crippen LogP contribution in [0.1, 0.15) is 132 Å². The Morgan fingerprint density at radius 2 is 0.663 bits per heavy atom. The highest BCUT2D eigenvalue weighted by Gasteiger charge is 2.44. The molecule has 0 radical (unpaired) electrons. The molecule has 16 aromatic rings. The molecule has 104 heavy (non-hydrogen) atoms. The fourth-order valence-electron chi connectivity index (χ4n) is 16.9. The molecule has 0 aliphatic carbocycles. The number of hydrogen-bond acceptors (Lipinski definition) is 2. The number of rotatable bonds is 7. The Balaban J connectivity index is 1.01. The Labute approximate surface area is 617 Å². The number of fused-ring (bicyclic) bond motifs is 14. The Bertz CT molecular complexity index is 5990. The molecule has 6 heteroatoms. The summed E-state index contributed by atoms with van der Waals surface area (Å²) in [5.41, 5.74) is 31.2. The largest absolute Gasteiger partial charge is 0.310 e. The van der Waals surface area contributed by atoms with Gasteiger partial charge < -0.3 is 18.6 Å². The van der Waals surface area contributed by atoms with Gasteiger partial charge in [0.25, 0.3) is 0 Å². The monoisotopic (exact) mass is 1360 g/mol. The maximum Gasteiger partial charge on any atom is 0.249 e. The zero-order chi connectivity index (χ0) is 71.8. The quantitative estimate of drug-likeness (QED) is 0.148. The van der Waals surface area contributed by atoms with Crippen LogP contribution in [-0.2, 0) is 27.1 Å². The standard InChI is InChI=1S/C98H89BN4S/c1-94(2,3)64-35-41-69(42-36-64)100-81-34-26-25-33-72(81)90-86(100)50-45-80-93(90)104-89-59-71(102-84-48-39-67(97(10,11)12)55-77(84)78-56-68(98(13,14)15)40-49-85(78)102)58-88-91(89)99(80)79-44-43-70(101-82-46-37-65(95(4,5)6)53-75(82)76-54-66(96(7,8)9)38-47-83(76)101)57-87(79)103(88)92-73(61-29-21-17-22-30-61)51-63(60-27-19-16-20-28-60)52-74(92)62-31-23-18-24-32-62/h16-59H,1-15H3. The normalized spacial score (nSPS) is 13.5. The van der Waals surface area contributed by atoms with Crippen LogP contribution in [0.15, 0.2) is 277 Å². The molecule has 3 aromatic heterocycles.